The number of rotatable bonds is 3. The van der Waals surface area contributed by atoms with Crippen molar-refractivity contribution in [2.75, 3.05) is 10.7 Å². The number of para-hydroxylation sites is 1. The molecule has 2 aromatic rings. The molecule has 1 aliphatic rings. The van der Waals surface area contributed by atoms with Crippen LogP contribution in [0, 0.1) is 0 Å². The molecule has 1 aromatic heterocycles. The van der Waals surface area contributed by atoms with E-state index in [1.165, 1.54) is 17.9 Å². The van der Waals surface area contributed by atoms with E-state index in [-0.39, 0.29) is 11.2 Å². The van der Waals surface area contributed by atoms with E-state index in [0.29, 0.717) is 0 Å². The summed E-state index contributed by atoms with van der Waals surface area (Å²) in [7, 11) is -2.29. The Balaban J connectivity index is 1.91. The van der Waals surface area contributed by atoms with Crippen LogP contribution < -0.4 is 4.90 Å². The predicted molar refractivity (Wildman–Crippen MR) is 84.8 cm³/mol. The number of aromatic nitrogens is 3. The fourth-order valence-corrected chi connectivity index (χ4v) is 4.17. The van der Waals surface area contributed by atoms with Crippen molar-refractivity contribution < 1.29 is 13.2 Å². The van der Waals surface area contributed by atoms with Gasteiger partial charge < -0.3 is 9.47 Å². The molecule has 0 N–H and O–H groups in total. The van der Waals surface area contributed by atoms with Gasteiger partial charge in [-0.2, -0.15) is 0 Å². The van der Waals surface area contributed by atoms with E-state index in [2.05, 4.69) is 10.2 Å². The first kappa shape index (κ1) is 15.7. The zero-order valence-corrected chi connectivity index (χ0v) is 13.8. The van der Waals surface area contributed by atoms with Crippen molar-refractivity contribution in [1.29, 1.82) is 0 Å². The van der Waals surface area contributed by atoms with Crippen molar-refractivity contribution in [1.82, 2.24) is 14.8 Å². The summed E-state index contributed by atoms with van der Waals surface area (Å²) in [4.78, 5) is 14.3. The SMILES string of the molecule is CC1CCc2ccccc2N1C(=O)CS(=O)(=O)c1nncn1C. The number of sulfone groups is 1. The van der Waals surface area contributed by atoms with Crippen LogP contribution in [0.1, 0.15) is 18.9 Å². The summed E-state index contributed by atoms with van der Waals surface area (Å²) in [5, 5.41) is 6.98. The standard InChI is InChI=1S/C15H18N4O3S/c1-11-7-8-12-5-3-4-6-13(12)19(11)14(20)9-23(21,22)15-17-16-10-18(15)2/h3-6,10-11H,7-9H2,1-2H3. The van der Waals surface area contributed by atoms with Gasteiger partial charge in [0.2, 0.25) is 20.9 Å². The van der Waals surface area contributed by atoms with Gasteiger partial charge in [0, 0.05) is 18.8 Å². The van der Waals surface area contributed by atoms with Crippen molar-refractivity contribution in [2.24, 2.45) is 7.05 Å². The van der Waals surface area contributed by atoms with Crippen molar-refractivity contribution in [3.63, 3.8) is 0 Å². The lowest BCUT2D eigenvalue weighted by Gasteiger charge is -2.35. The molecule has 3 rings (SSSR count). The maximum absolute atomic E-state index is 12.7. The first-order valence-corrected chi connectivity index (χ1v) is 9.02. The van der Waals surface area contributed by atoms with E-state index < -0.39 is 21.5 Å². The average molecular weight is 334 g/mol. The second kappa shape index (κ2) is 5.77. The highest BCUT2D eigenvalue weighted by molar-refractivity contribution is 7.92. The molecular formula is C15H18N4O3S. The van der Waals surface area contributed by atoms with Gasteiger partial charge in [-0.3, -0.25) is 4.79 Å². The van der Waals surface area contributed by atoms with E-state index >= 15 is 0 Å². The van der Waals surface area contributed by atoms with Crippen molar-refractivity contribution in [2.45, 2.75) is 31.0 Å². The van der Waals surface area contributed by atoms with Crippen LogP contribution in [0.5, 0.6) is 0 Å². The molecule has 2 heterocycles. The summed E-state index contributed by atoms with van der Waals surface area (Å²) in [6.45, 7) is 1.93. The summed E-state index contributed by atoms with van der Waals surface area (Å²) < 4.78 is 26.1. The van der Waals surface area contributed by atoms with Gasteiger partial charge in [0.15, 0.2) is 0 Å². The topological polar surface area (TPSA) is 85.2 Å². The van der Waals surface area contributed by atoms with E-state index in [4.69, 9.17) is 0 Å². The summed E-state index contributed by atoms with van der Waals surface area (Å²) in [5.74, 6) is -1.05. The molecule has 1 aromatic carbocycles. The molecule has 122 valence electrons. The molecule has 1 amide bonds. The number of hydrogen-bond donors (Lipinski definition) is 0. The zero-order valence-electron chi connectivity index (χ0n) is 13.0. The Morgan fingerprint density at radius 3 is 2.78 bits per heavy atom. The Kier molecular flexibility index (Phi) is 3.93. The van der Waals surface area contributed by atoms with Crippen LogP contribution in [-0.2, 0) is 28.1 Å². The highest BCUT2D eigenvalue weighted by Crippen LogP contribution is 2.30. The number of carbonyl (C=O) groups is 1. The van der Waals surface area contributed by atoms with E-state index in [9.17, 15) is 13.2 Å². The molecule has 0 fully saturated rings. The summed E-state index contributed by atoms with van der Waals surface area (Å²) in [6, 6.07) is 7.57. The van der Waals surface area contributed by atoms with Crippen molar-refractivity contribution >= 4 is 21.4 Å². The minimum Gasteiger partial charge on any atom is -0.308 e. The van der Waals surface area contributed by atoms with Gasteiger partial charge in [-0.15, -0.1) is 10.2 Å². The first-order valence-electron chi connectivity index (χ1n) is 7.37. The number of amides is 1. The third-order valence-corrected chi connectivity index (χ3v) is 5.61. The first-order chi connectivity index (χ1) is 10.9. The van der Waals surface area contributed by atoms with Crippen LogP contribution in [0.15, 0.2) is 35.7 Å². The number of anilines is 1. The van der Waals surface area contributed by atoms with Gasteiger partial charge in [0.05, 0.1) is 0 Å². The third kappa shape index (κ3) is 2.86. The predicted octanol–water partition coefficient (Wildman–Crippen LogP) is 0.957. The average Bonchev–Trinajstić information content (AvgIpc) is 2.93. The summed E-state index contributed by atoms with van der Waals surface area (Å²) in [5.41, 5.74) is 1.86. The van der Waals surface area contributed by atoms with Gasteiger partial charge >= 0.3 is 0 Å². The quantitative estimate of drug-likeness (QED) is 0.834. The molecule has 8 heteroatoms. The summed E-state index contributed by atoms with van der Waals surface area (Å²) >= 11 is 0. The molecule has 1 unspecified atom stereocenters. The van der Waals surface area contributed by atoms with Gasteiger partial charge in [-0.1, -0.05) is 18.2 Å². The van der Waals surface area contributed by atoms with Gasteiger partial charge in [0.1, 0.15) is 12.1 Å². The number of hydrogen-bond acceptors (Lipinski definition) is 5. The lowest BCUT2D eigenvalue weighted by Crippen LogP contribution is -2.45. The maximum Gasteiger partial charge on any atom is 0.249 e. The Morgan fingerprint density at radius 1 is 1.35 bits per heavy atom. The van der Waals surface area contributed by atoms with Crippen LogP contribution in [0.3, 0.4) is 0 Å². The number of carbonyl (C=O) groups excluding carboxylic acids is 1. The van der Waals surface area contributed by atoms with E-state index in [1.807, 2.05) is 31.2 Å². The third-order valence-electron chi connectivity index (χ3n) is 4.05. The lowest BCUT2D eigenvalue weighted by molar-refractivity contribution is -0.116. The molecule has 0 saturated carbocycles. The fourth-order valence-electron chi connectivity index (χ4n) is 2.92. The fraction of sp³-hybridized carbons (Fsp3) is 0.400. The highest BCUT2D eigenvalue weighted by Gasteiger charge is 2.32. The zero-order chi connectivity index (χ0) is 16.6. The summed E-state index contributed by atoms with van der Waals surface area (Å²) in [6.07, 6.45) is 3.00. The van der Waals surface area contributed by atoms with Crippen LogP contribution in [0.4, 0.5) is 5.69 Å². The molecule has 0 aliphatic carbocycles. The minimum absolute atomic E-state index is 0.0351. The number of nitrogens with zero attached hydrogens (tertiary/aromatic N) is 4. The molecule has 1 atom stereocenters. The smallest absolute Gasteiger partial charge is 0.249 e. The van der Waals surface area contributed by atoms with Gasteiger partial charge in [-0.05, 0) is 31.4 Å². The van der Waals surface area contributed by atoms with Gasteiger partial charge in [0.25, 0.3) is 0 Å². The van der Waals surface area contributed by atoms with E-state index in [0.717, 1.165) is 24.1 Å². The maximum atomic E-state index is 12.7. The lowest BCUT2D eigenvalue weighted by atomic mass is 9.97. The second-order valence-corrected chi connectivity index (χ2v) is 7.65. The van der Waals surface area contributed by atoms with Crippen LogP contribution in [0.25, 0.3) is 0 Å². The molecule has 23 heavy (non-hydrogen) atoms. The number of aryl methyl sites for hydroxylation is 2. The van der Waals surface area contributed by atoms with Crippen LogP contribution in [-0.4, -0.2) is 40.9 Å². The number of fused-ring (bicyclic) bond motifs is 1. The minimum atomic E-state index is -3.82. The molecular weight excluding hydrogens is 316 g/mol. The van der Waals surface area contributed by atoms with Crippen molar-refractivity contribution in [3.05, 3.63) is 36.2 Å². The molecule has 7 nitrogen and oxygen atoms in total. The molecule has 1 aliphatic heterocycles. The Labute approximate surface area is 134 Å². The Morgan fingerprint density at radius 2 is 2.09 bits per heavy atom. The van der Waals surface area contributed by atoms with E-state index in [1.54, 1.807) is 4.90 Å². The molecule has 0 bridgehead atoms. The molecule has 0 radical (unpaired) electrons. The van der Waals surface area contributed by atoms with Crippen LogP contribution >= 0.6 is 0 Å². The Bertz CT molecular complexity index is 844. The normalized spacial score (nSPS) is 17.8. The Hall–Kier alpha value is -2.22. The second-order valence-electron chi connectivity index (χ2n) is 5.76. The van der Waals surface area contributed by atoms with Crippen molar-refractivity contribution in [3.8, 4) is 0 Å². The molecule has 0 saturated heterocycles. The molecule has 0 spiro atoms. The van der Waals surface area contributed by atoms with Crippen LogP contribution in [0.2, 0.25) is 0 Å². The largest absolute Gasteiger partial charge is 0.308 e. The highest BCUT2D eigenvalue weighted by atomic mass is 32.2. The van der Waals surface area contributed by atoms with Gasteiger partial charge in [-0.25, -0.2) is 8.42 Å². The monoisotopic (exact) mass is 334 g/mol. The number of benzene rings is 1.